The number of halogens is 1. The molecule has 0 saturated carbocycles. The van der Waals surface area contributed by atoms with Gasteiger partial charge >= 0.3 is 0 Å². The third-order valence-corrected chi connectivity index (χ3v) is 5.89. The Morgan fingerprint density at radius 1 is 1.20 bits per heavy atom. The first-order chi connectivity index (χ1) is 9.65. The zero-order valence-electron chi connectivity index (χ0n) is 13.2. The van der Waals surface area contributed by atoms with Crippen LogP contribution in [0.5, 0.6) is 0 Å². The first-order valence-electron chi connectivity index (χ1n) is 8.06. The van der Waals surface area contributed by atoms with Crippen molar-refractivity contribution >= 4 is 21.6 Å². The lowest BCUT2D eigenvalue weighted by Gasteiger charge is -2.39. The molecule has 0 bridgehead atoms. The molecule has 0 spiro atoms. The third-order valence-electron chi connectivity index (χ3n) is 4.70. The fraction of sp³-hybridized carbons (Fsp3) is 0.667. The minimum atomic E-state index is 0.426. The Kier molecular flexibility index (Phi) is 5.54. The highest BCUT2D eigenvalue weighted by atomic mass is 79.9. The molecule has 2 heteroatoms. The van der Waals surface area contributed by atoms with Gasteiger partial charge in [-0.2, -0.15) is 0 Å². The molecule has 2 rings (SSSR count). The molecule has 1 aliphatic heterocycles. The Balaban J connectivity index is 2.22. The molecule has 1 aromatic rings. The van der Waals surface area contributed by atoms with Gasteiger partial charge in [-0.3, -0.25) is 0 Å². The van der Waals surface area contributed by atoms with E-state index in [0.717, 1.165) is 5.33 Å². The maximum atomic E-state index is 3.82. The van der Waals surface area contributed by atoms with Crippen molar-refractivity contribution in [1.29, 1.82) is 0 Å². The van der Waals surface area contributed by atoms with E-state index >= 15 is 0 Å². The van der Waals surface area contributed by atoms with Gasteiger partial charge in [0.2, 0.25) is 0 Å². The zero-order valence-corrected chi connectivity index (χ0v) is 14.7. The van der Waals surface area contributed by atoms with E-state index in [4.69, 9.17) is 0 Å². The molecule has 0 fully saturated rings. The summed E-state index contributed by atoms with van der Waals surface area (Å²) in [6.07, 6.45) is 6.38. The number of hydrogen-bond donors (Lipinski definition) is 0. The van der Waals surface area contributed by atoms with E-state index in [2.05, 4.69) is 65.9 Å². The highest BCUT2D eigenvalue weighted by Crippen LogP contribution is 2.39. The molecule has 1 nitrogen and oxygen atoms in total. The number of benzene rings is 1. The Bertz CT molecular complexity index is 423. The van der Waals surface area contributed by atoms with Gasteiger partial charge in [0.15, 0.2) is 0 Å². The van der Waals surface area contributed by atoms with E-state index < -0.39 is 0 Å². The number of hydrogen-bond acceptors (Lipinski definition) is 1. The maximum Gasteiger partial charge on any atom is 0.0402 e. The standard InChI is InChI=1S/C18H28BrN/c1-4-10-18(13-19,11-5-2)14-20-15(3)12-16-8-6-7-9-17(16)20/h6-9,15H,4-5,10-14H2,1-3H3. The molecule has 20 heavy (non-hydrogen) atoms. The van der Waals surface area contributed by atoms with Gasteiger partial charge in [0, 0.05) is 23.6 Å². The average molecular weight is 338 g/mol. The largest absolute Gasteiger partial charge is 0.368 e. The summed E-state index contributed by atoms with van der Waals surface area (Å²) in [6.45, 7) is 8.19. The second-order valence-corrected chi connectivity index (χ2v) is 7.00. The van der Waals surface area contributed by atoms with Crippen LogP contribution in [0.1, 0.15) is 52.0 Å². The van der Waals surface area contributed by atoms with Crippen LogP contribution in [0.4, 0.5) is 5.69 Å². The van der Waals surface area contributed by atoms with Crippen LogP contribution in [0.25, 0.3) is 0 Å². The SMILES string of the molecule is CCCC(CBr)(CCC)CN1c2ccccc2CC1C. The molecule has 0 aromatic heterocycles. The lowest BCUT2D eigenvalue weighted by Crippen LogP contribution is -2.42. The van der Waals surface area contributed by atoms with Gasteiger partial charge in [0.25, 0.3) is 0 Å². The smallest absolute Gasteiger partial charge is 0.0402 e. The molecule has 0 aliphatic carbocycles. The fourth-order valence-corrected chi connectivity index (χ4v) is 4.49. The minimum Gasteiger partial charge on any atom is -0.368 e. The van der Waals surface area contributed by atoms with Crippen LogP contribution >= 0.6 is 15.9 Å². The van der Waals surface area contributed by atoms with Crippen LogP contribution in [-0.4, -0.2) is 17.9 Å². The highest BCUT2D eigenvalue weighted by Gasteiger charge is 2.34. The van der Waals surface area contributed by atoms with Crippen molar-refractivity contribution in [3.8, 4) is 0 Å². The topological polar surface area (TPSA) is 3.24 Å². The van der Waals surface area contributed by atoms with Crippen LogP contribution < -0.4 is 4.90 Å². The molecule has 1 heterocycles. The Morgan fingerprint density at radius 3 is 2.45 bits per heavy atom. The van der Waals surface area contributed by atoms with Crippen LogP contribution in [0.2, 0.25) is 0 Å². The van der Waals surface area contributed by atoms with Crippen molar-refractivity contribution in [2.24, 2.45) is 5.41 Å². The molecule has 0 saturated heterocycles. The predicted octanol–water partition coefficient (Wildman–Crippen LogP) is 5.42. The first kappa shape index (κ1) is 15.9. The molecule has 0 amide bonds. The van der Waals surface area contributed by atoms with Crippen molar-refractivity contribution in [3.63, 3.8) is 0 Å². The van der Waals surface area contributed by atoms with E-state index in [1.165, 1.54) is 49.9 Å². The van der Waals surface area contributed by atoms with Crippen LogP contribution in [0.3, 0.4) is 0 Å². The molecule has 1 aromatic carbocycles. The predicted molar refractivity (Wildman–Crippen MR) is 93.0 cm³/mol. The van der Waals surface area contributed by atoms with Gasteiger partial charge in [-0.25, -0.2) is 0 Å². The third kappa shape index (κ3) is 3.21. The van der Waals surface area contributed by atoms with Gasteiger partial charge in [-0.1, -0.05) is 60.8 Å². The van der Waals surface area contributed by atoms with Crippen molar-refractivity contribution < 1.29 is 0 Å². The number of para-hydroxylation sites is 1. The van der Waals surface area contributed by atoms with Crippen molar-refractivity contribution in [2.75, 3.05) is 16.8 Å². The van der Waals surface area contributed by atoms with Gasteiger partial charge in [-0.05, 0) is 43.2 Å². The summed E-state index contributed by atoms with van der Waals surface area (Å²) in [5.41, 5.74) is 3.42. The van der Waals surface area contributed by atoms with Crippen molar-refractivity contribution in [2.45, 2.75) is 58.9 Å². The molecular formula is C18H28BrN. The maximum absolute atomic E-state index is 3.82. The molecule has 112 valence electrons. The van der Waals surface area contributed by atoms with E-state index in [-0.39, 0.29) is 0 Å². The number of alkyl halides is 1. The van der Waals surface area contributed by atoms with Crippen molar-refractivity contribution in [3.05, 3.63) is 29.8 Å². The molecule has 0 N–H and O–H groups in total. The summed E-state index contributed by atoms with van der Waals surface area (Å²) in [5, 5.41) is 1.12. The number of rotatable bonds is 7. The zero-order chi connectivity index (χ0) is 14.6. The fourth-order valence-electron chi connectivity index (χ4n) is 3.75. The summed E-state index contributed by atoms with van der Waals surface area (Å²) in [5.74, 6) is 0. The van der Waals surface area contributed by atoms with Gasteiger partial charge in [0.1, 0.15) is 0 Å². The average Bonchev–Trinajstić information content (AvgIpc) is 2.75. The summed E-state index contributed by atoms with van der Waals surface area (Å²) in [6, 6.07) is 9.58. The number of nitrogens with zero attached hydrogens (tertiary/aromatic N) is 1. The summed E-state index contributed by atoms with van der Waals surface area (Å²) >= 11 is 3.82. The van der Waals surface area contributed by atoms with E-state index in [1.807, 2.05) is 0 Å². The van der Waals surface area contributed by atoms with Gasteiger partial charge in [0.05, 0.1) is 0 Å². The second-order valence-electron chi connectivity index (χ2n) is 6.44. The first-order valence-corrected chi connectivity index (χ1v) is 9.18. The van der Waals surface area contributed by atoms with Gasteiger partial charge in [-0.15, -0.1) is 0 Å². The van der Waals surface area contributed by atoms with Crippen LogP contribution in [0.15, 0.2) is 24.3 Å². The van der Waals surface area contributed by atoms with E-state index in [9.17, 15) is 0 Å². The lowest BCUT2D eigenvalue weighted by atomic mass is 9.80. The molecular weight excluding hydrogens is 310 g/mol. The lowest BCUT2D eigenvalue weighted by molar-refractivity contribution is 0.275. The second kappa shape index (κ2) is 6.98. The Morgan fingerprint density at radius 2 is 1.85 bits per heavy atom. The van der Waals surface area contributed by atoms with E-state index in [1.54, 1.807) is 0 Å². The summed E-state index contributed by atoms with van der Waals surface area (Å²) in [7, 11) is 0. The van der Waals surface area contributed by atoms with Gasteiger partial charge < -0.3 is 4.90 Å². The highest BCUT2D eigenvalue weighted by molar-refractivity contribution is 9.09. The quantitative estimate of drug-likeness (QED) is 0.600. The van der Waals surface area contributed by atoms with E-state index in [0.29, 0.717) is 11.5 Å². The van der Waals surface area contributed by atoms with Crippen LogP contribution in [0, 0.1) is 5.41 Å². The molecule has 1 aliphatic rings. The Labute approximate surface area is 132 Å². The summed E-state index contributed by atoms with van der Waals surface area (Å²) < 4.78 is 0. The monoisotopic (exact) mass is 337 g/mol. The number of anilines is 1. The Hall–Kier alpha value is -0.500. The van der Waals surface area contributed by atoms with Crippen LogP contribution in [-0.2, 0) is 6.42 Å². The molecule has 1 unspecified atom stereocenters. The minimum absolute atomic E-state index is 0.426. The number of fused-ring (bicyclic) bond motifs is 1. The normalized spacial score (nSPS) is 18.4. The molecule has 1 atom stereocenters. The van der Waals surface area contributed by atoms with Crippen molar-refractivity contribution in [1.82, 2.24) is 0 Å². The molecule has 0 radical (unpaired) electrons. The summed E-state index contributed by atoms with van der Waals surface area (Å²) in [4.78, 5) is 2.65.